The van der Waals surface area contributed by atoms with E-state index in [1.807, 2.05) is 18.3 Å². The summed E-state index contributed by atoms with van der Waals surface area (Å²) in [5, 5.41) is 10.2. The number of rotatable bonds is 3. The van der Waals surface area contributed by atoms with Crippen LogP contribution in [0.3, 0.4) is 0 Å². The van der Waals surface area contributed by atoms with Crippen LogP contribution in [0.2, 0.25) is 0 Å². The predicted octanol–water partition coefficient (Wildman–Crippen LogP) is 14.3. The standard InChI is InChI=1S/C54H58N4/c1-26-30(5)38(13)49-45(34(26)9)23-46-35(10)27(2)31(6)39(14)50(46)57(49)53-44(43-19-17-18-42(22-43)25-55)20-21-56-54(53)58-51-40(15)32(7)28(3)36(11)47(51)24-48-37(12)29(4)33(8)41(16)52(48)58/h17-22H,23-24H2,1-16H3. The van der Waals surface area contributed by atoms with Crippen LogP contribution in [0, 0.1) is 122 Å². The van der Waals surface area contributed by atoms with Crippen molar-refractivity contribution in [1.29, 1.82) is 5.26 Å². The molecule has 0 spiro atoms. The zero-order valence-corrected chi connectivity index (χ0v) is 37.7. The first kappa shape index (κ1) is 39.2. The maximum absolute atomic E-state index is 10.2. The summed E-state index contributed by atoms with van der Waals surface area (Å²) in [6, 6.07) is 12.8. The summed E-state index contributed by atoms with van der Waals surface area (Å²) in [5.74, 6) is 0.905. The van der Waals surface area contributed by atoms with Crippen LogP contribution in [0.4, 0.5) is 34.3 Å². The number of benzene rings is 5. The van der Waals surface area contributed by atoms with Gasteiger partial charge in [-0.1, -0.05) is 12.1 Å². The molecule has 6 aromatic rings. The monoisotopic (exact) mass is 762 g/mol. The molecule has 0 N–H and O–H groups in total. The Hall–Kier alpha value is -5.66. The highest BCUT2D eigenvalue weighted by Gasteiger charge is 2.39. The first-order valence-electron chi connectivity index (χ1n) is 20.9. The van der Waals surface area contributed by atoms with Crippen molar-refractivity contribution in [2.24, 2.45) is 0 Å². The van der Waals surface area contributed by atoms with Crippen molar-refractivity contribution in [3.63, 3.8) is 0 Å². The van der Waals surface area contributed by atoms with Crippen LogP contribution in [0.1, 0.15) is 117 Å². The van der Waals surface area contributed by atoms with E-state index in [4.69, 9.17) is 4.98 Å². The number of hydrogen-bond acceptors (Lipinski definition) is 4. The van der Waals surface area contributed by atoms with E-state index >= 15 is 0 Å². The molecule has 4 nitrogen and oxygen atoms in total. The fourth-order valence-corrected chi connectivity index (χ4v) is 10.4. The largest absolute Gasteiger partial charge is 0.305 e. The highest BCUT2D eigenvalue weighted by Crippen LogP contribution is 2.59. The maximum atomic E-state index is 10.2. The number of aromatic nitrogens is 1. The van der Waals surface area contributed by atoms with Gasteiger partial charge in [0.05, 0.1) is 40.1 Å². The van der Waals surface area contributed by atoms with Crippen LogP contribution in [-0.4, -0.2) is 4.98 Å². The second kappa shape index (κ2) is 13.7. The Morgan fingerprint density at radius 2 is 0.793 bits per heavy atom. The molecule has 0 saturated carbocycles. The van der Waals surface area contributed by atoms with Crippen molar-refractivity contribution in [2.75, 3.05) is 9.80 Å². The Morgan fingerprint density at radius 3 is 1.17 bits per heavy atom. The van der Waals surface area contributed by atoms with Crippen LogP contribution in [0.15, 0.2) is 36.5 Å². The summed E-state index contributed by atoms with van der Waals surface area (Å²) >= 11 is 0. The van der Waals surface area contributed by atoms with E-state index in [9.17, 15) is 5.26 Å². The second-order valence-electron chi connectivity index (χ2n) is 17.6. The molecule has 294 valence electrons. The van der Waals surface area contributed by atoms with Gasteiger partial charge in [0, 0.05) is 24.6 Å². The summed E-state index contributed by atoms with van der Waals surface area (Å²) in [7, 11) is 0. The molecule has 8 rings (SSSR count). The molecule has 2 aliphatic rings. The lowest BCUT2D eigenvalue weighted by Gasteiger charge is -2.44. The highest BCUT2D eigenvalue weighted by molar-refractivity contribution is 6.03. The molecule has 58 heavy (non-hydrogen) atoms. The Bertz CT molecular complexity index is 2720. The van der Waals surface area contributed by atoms with Gasteiger partial charge >= 0.3 is 0 Å². The van der Waals surface area contributed by atoms with Gasteiger partial charge in [0.15, 0.2) is 5.82 Å². The molecule has 0 saturated heterocycles. The molecule has 5 aromatic carbocycles. The van der Waals surface area contributed by atoms with Crippen LogP contribution < -0.4 is 9.80 Å². The topological polar surface area (TPSA) is 43.2 Å². The zero-order chi connectivity index (χ0) is 42.0. The molecule has 2 aliphatic heterocycles. The minimum atomic E-state index is 0.641. The number of fused-ring (bicyclic) bond motifs is 4. The number of nitrogens with zero attached hydrogens (tertiary/aromatic N) is 4. The van der Waals surface area contributed by atoms with E-state index < -0.39 is 0 Å². The lowest BCUT2D eigenvalue weighted by molar-refractivity contribution is 0.971. The van der Waals surface area contributed by atoms with E-state index in [1.165, 1.54) is 134 Å². The van der Waals surface area contributed by atoms with E-state index in [-0.39, 0.29) is 0 Å². The van der Waals surface area contributed by atoms with Crippen molar-refractivity contribution in [2.45, 2.75) is 124 Å². The van der Waals surface area contributed by atoms with E-state index in [0.717, 1.165) is 35.5 Å². The maximum Gasteiger partial charge on any atom is 0.162 e. The first-order valence-corrected chi connectivity index (χ1v) is 20.9. The van der Waals surface area contributed by atoms with Crippen LogP contribution in [0.25, 0.3) is 11.1 Å². The van der Waals surface area contributed by atoms with Gasteiger partial charge in [-0.05, 0) is 246 Å². The number of anilines is 6. The van der Waals surface area contributed by atoms with E-state index in [0.29, 0.717) is 5.56 Å². The van der Waals surface area contributed by atoms with Gasteiger partial charge in [-0.15, -0.1) is 0 Å². The molecule has 0 atom stereocenters. The van der Waals surface area contributed by atoms with Gasteiger partial charge in [-0.2, -0.15) is 5.26 Å². The minimum Gasteiger partial charge on any atom is -0.305 e. The Labute approximate surface area is 347 Å². The molecule has 0 unspecified atom stereocenters. The molecule has 0 fully saturated rings. The number of pyridine rings is 1. The fourth-order valence-electron chi connectivity index (χ4n) is 10.4. The lowest BCUT2D eigenvalue weighted by Crippen LogP contribution is -2.29. The summed E-state index contributed by atoms with van der Waals surface area (Å²) in [4.78, 5) is 10.8. The minimum absolute atomic E-state index is 0.641. The van der Waals surface area contributed by atoms with Gasteiger partial charge in [0.1, 0.15) is 0 Å². The number of hydrogen-bond donors (Lipinski definition) is 0. The van der Waals surface area contributed by atoms with Gasteiger partial charge in [0.25, 0.3) is 0 Å². The van der Waals surface area contributed by atoms with Crippen molar-refractivity contribution in [3.8, 4) is 17.2 Å². The third-order valence-corrected chi connectivity index (χ3v) is 15.4. The van der Waals surface area contributed by atoms with Crippen molar-refractivity contribution >= 4 is 34.3 Å². The third kappa shape index (κ3) is 5.28. The fraction of sp³-hybridized carbons (Fsp3) is 0.333. The van der Waals surface area contributed by atoms with E-state index in [1.54, 1.807) is 0 Å². The van der Waals surface area contributed by atoms with Gasteiger partial charge in [-0.3, -0.25) is 4.90 Å². The van der Waals surface area contributed by atoms with Crippen molar-refractivity contribution < 1.29 is 0 Å². The first-order chi connectivity index (χ1) is 27.4. The molecule has 0 bridgehead atoms. The summed E-state index contributed by atoms with van der Waals surface area (Å²) in [6.07, 6.45) is 3.75. The average Bonchev–Trinajstić information content (AvgIpc) is 3.23. The Balaban J connectivity index is 1.65. The molecular formula is C54H58N4. The molecule has 0 radical (unpaired) electrons. The Kier molecular flexibility index (Phi) is 9.28. The SMILES string of the molecule is Cc1c(C)c(C)c2c(c1C)Cc1c(C)c(C)c(C)c(C)c1N2c1nccc(-c2cccc(C#N)c2)c1N1c2c(C)c(C)c(C)c(C)c2Cc2c(C)c(C)c(C)c(C)c21. The number of nitriles is 1. The summed E-state index contributed by atoms with van der Waals surface area (Å²) in [6.45, 7) is 36.8. The summed E-state index contributed by atoms with van der Waals surface area (Å²) in [5.41, 5.74) is 35.6. The predicted molar refractivity (Wildman–Crippen MR) is 245 cm³/mol. The van der Waals surface area contributed by atoms with Gasteiger partial charge in [-0.25, -0.2) is 4.98 Å². The smallest absolute Gasteiger partial charge is 0.162 e. The highest BCUT2D eigenvalue weighted by atomic mass is 15.3. The quantitative estimate of drug-likeness (QED) is 0.180. The lowest BCUT2D eigenvalue weighted by atomic mass is 9.80. The van der Waals surface area contributed by atoms with Crippen LogP contribution >= 0.6 is 0 Å². The third-order valence-electron chi connectivity index (χ3n) is 15.4. The molecule has 0 aliphatic carbocycles. The molecule has 3 heterocycles. The van der Waals surface area contributed by atoms with Crippen molar-refractivity contribution in [1.82, 2.24) is 4.98 Å². The molecular weight excluding hydrogens is 705 g/mol. The normalized spacial score (nSPS) is 12.9. The average molecular weight is 763 g/mol. The van der Waals surface area contributed by atoms with Crippen molar-refractivity contribution in [3.05, 3.63) is 153 Å². The van der Waals surface area contributed by atoms with Gasteiger partial charge < -0.3 is 4.90 Å². The van der Waals surface area contributed by atoms with Crippen LogP contribution in [0.5, 0.6) is 0 Å². The van der Waals surface area contributed by atoms with Gasteiger partial charge in [0.2, 0.25) is 0 Å². The summed E-state index contributed by atoms with van der Waals surface area (Å²) < 4.78 is 0. The van der Waals surface area contributed by atoms with E-state index in [2.05, 4.69) is 145 Å². The zero-order valence-electron chi connectivity index (χ0n) is 37.7. The van der Waals surface area contributed by atoms with Crippen LogP contribution in [-0.2, 0) is 12.8 Å². The molecule has 0 amide bonds. The molecule has 1 aromatic heterocycles. The molecule has 4 heteroatoms. The Morgan fingerprint density at radius 1 is 0.431 bits per heavy atom. The second-order valence-corrected chi connectivity index (χ2v) is 17.6.